The summed E-state index contributed by atoms with van der Waals surface area (Å²) < 4.78 is 44.0. The summed E-state index contributed by atoms with van der Waals surface area (Å²) in [5.74, 6) is 0.222. The second kappa shape index (κ2) is 6.41. The van der Waals surface area contributed by atoms with Crippen molar-refractivity contribution in [2.45, 2.75) is 12.8 Å². The zero-order valence-corrected chi connectivity index (χ0v) is 13.6. The summed E-state index contributed by atoms with van der Waals surface area (Å²) in [4.78, 5) is 0. The van der Waals surface area contributed by atoms with Crippen molar-refractivity contribution >= 4 is 26.0 Å². The molecule has 1 aliphatic heterocycles. The van der Waals surface area contributed by atoms with Gasteiger partial charge in [-0.3, -0.25) is 0 Å². The quantitative estimate of drug-likeness (QED) is 0.823. The van der Waals surface area contributed by atoms with Crippen LogP contribution in [-0.2, 0) is 10.0 Å². The first-order valence-corrected chi connectivity index (χ1v) is 9.03. The van der Waals surface area contributed by atoms with Crippen LogP contribution in [0.25, 0.3) is 0 Å². The number of rotatable bonds is 4. The van der Waals surface area contributed by atoms with Crippen LogP contribution in [-0.4, -0.2) is 38.7 Å². The van der Waals surface area contributed by atoms with E-state index in [4.69, 9.17) is 4.74 Å². The summed E-state index contributed by atoms with van der Waals surface area (Å²) in [7, 11) is -3.15. The predicted octanol–water partition coefficient (Wildman–Crippen LogP) is 2.64. The zero-order valence-electron chi connectivity index (χ0n) is 11.2. The van der Waals surface area contributed by atoms with Crippen LogP contribution in [0.3, 0.4) is 0 Å². The Bertz CT molecular complexity index is 579. The van der Waals surface area contributed by atoms with Crippen molar-refractivity contribution in [3.05, 3.63) is 28.5 Å². The Hall–Kier alpha value is -0.660. The third-order valence-electron chi connectivity index (χ3n) is 3.32. The van der Waals surface area contributed by atoms with Crippen LogP contribution in [0.4, 0.5) is 4.39 Å². The second-order valence-electron chi connectivity index (χ2n) is 5.02. The van der Waals surface area contributed by atoms with Gasteiger partial charge in [-0.05, 0) is 40.9 Å². The third kappa shape index (κ3) is 4.17. The van der Waals surface area contributed by atoms with E-state index in [-0.39, 0.29) is 11.7 Å². The van der Waals surface area contributed by atoms with Gasteiger partial charge in [0.1, 0.15) is 11.6 Å². The van der Waals surface area contributed by atoms with E-state index in [2.05, 4.69) is 15.9 Å². The molecular weight excluding hydrogens is 349 g/mol. The number of hydrogen-bond acceptors (Lipinski definition) is 3. The molecule has 1 saturated heterocycles. The SMILES string of the molecule is CS(=O)(=O)N1CCCC(COc2cc(F)ccc2Br)C1. The van der Waals surface area contributed by atoms with Crippen LogP contribution >= 0.6 is 15.9 Å². The van der Waals surface area contributed by atoms with Crippen molar-refractivity contribution in [3.8, 4) is 5.75 Å². The van der Waals surface area contributed by atoms with E-state index >= 15 is 0 Å². The van der Waals surface area contributed by atoms with Crippen LogP contribution in [0.5, 0.6) is 5.75 Å². The van der Waals surface area contributed by atoms with E-state index in [1.54, 1.807) is 6.07 Å². The predicted molar refractivity (Wildman–Crippen MR) is 78.7 cm³/mol. The van der Waals surface area contributed by atoms with Gasteiger partial charge in [0.25, 0.3) is 0 Å². The summed E-state index contributed by atoms with van der Waals surface area (Å²) >= 11 is 3.30. The van der Waals surface area contributed by atoms with Crippen molar-refractivity contribution < 1.29 is 17.5 Å². The average Bonchev–Trinajstić information content (AvgIpc) is 2.39. The fraction of sp³-hybridized carbons (Fsp3) is 0.538. The largest absolute Gasteiger partial charge is 0.492 e. The molecule has 1 aliphatic rings. The lowest BCUT2D eigenvalue weighted by Crippen LogP contribution is -2.40. The number of ether oxygens (including phenoxy) is 1. The number of halogens is 2. The van der Waals surface area contributed by atoms with Gasteiger partial charge in [-0.25, -0.2) is 17.1 Å². The Labute approximate surface area is 127 Å². The molecule has 0 aliphatic carbocycles. The van der Waals surface area contributed by atoms with Crippen molar-refractivity contribution in [1.29, 1.82) is 0 Å². The lowest BCUT2D eigenvalue weighted by molar-refractivity contribution is 0.179. The van der Waals surface area contributed by atoms with Gasteiger partial charge in [0.2, 0.25) is 10.0 Å². The molecule has 1 aromatic rings. The maximum absolute atomic E-state index is 13.1. The molecule has 0 radical (unpaired) electrons. The molecule has 0 spiro atoms. The van der Waals surface area contributed by atoms with Crippen LogP contribution < -0.4 is 4.74 Å². The minimum absolute atomic E-state index is 0.133. The van der Waals surface area contributed by atoms with Gasteiger partial charge in [0.05, 0.1) is 17.3 Å². The van der Waals surface area contributed by atoms with E-state index in [1.807, 2.05) is 0 Å². The monoisotopic (exact) mass is 365 g/mol. The standard InChI is InChI=1S/C13H17BrFNO3S/c1-20(17,18)16-6-2-3-10(8-16)9-19-13-7-11(15)4-5-12(13)14/h4-5,7,10H,2-3,6,8-9H2,1H3. The number of hydrogen-bond donors (Lipinski definition) is 0. The van der Waals surface area contributed by atoms with Gasteiger partial charge in [-0.2, -0.15) is 0 Å². The van der Waals surface area contributed by atoms with E-state index in [0.717, 1.165) is 12.8 Å². The first-order valence-electron chi connectivity index (χ1n) is 6.39. The van der Waals surface area contributed by atoms with Crippen LogP contribution in [0.1, 0.15) is 12.8 Å². The second-order valence-corrected chi connectivity index (χ2v) is 7.85. The molecule has 2 rings (SSSR count). The van der Waals surface area contributed by atoms with Gasteiger partial charge in [-0.1, -0.05) is 0 Å². The van der Waals surface area contributed by atoms with Crippen molar-refractivity contribution in [2.24, 2.45) is 5.92 Å². The number of sulfonamides is 1. The highest BCUT2D eigenvalue weighted by molar-refractivity contribution is 9.10. The molecule has 1 unspecified atom stereocenters. The summed E-state index contributed by atoms with van der Waals surface area (Å²) in [5.41, 5.74) is 0. The molecule has 1 heterocycles. The molecule has 0 aromatic heterocycles. The molecule has 0 amide bonds. The fourth-order valence-electron chi connectivity index (χ4n) is 2.26. The smallest absolute Gasteiger partial charge is 0.211 e. The number of benzene rings is 1. The first kappa shape index (κ1) is 15.7. The average molecular weight is 366 g/mol. The summed E-state index contributed by atoms with van der Waals surface area (Å²) in [5, 5.41) is 0. The normalized spacial score (nSPS) is 20.9. The van der Waals surface area contributed by atoms with Gasteiger partial charge in [0, 0.05) is 25.1 Å². The first-order chi connectivity index (χ1) is 9.36. The molecule has 1 aromatic carbocycles. The van der Waals surface area contributed by atoms with E-state index in [9.17, 15) is 12.8 Å². The molecule has 0 N–H and O–H groups in total. The number of piperidine rings is 1. The Morgan fingerprint density at radius 3 is 2.95 bits per heavy atom. The Kier molecular flexibility index (Phi) is 5.04. The molecule has 0 bridgehead atoms. The maximum Gasteiger partial charge on any atom is 0.211 e. The van der Waals surface area contributed by atoms with Crippen LogP contribution in [0.15, 0.2) is 22.7 Å². The van der Waals surface area contributed by atoms with E-state index in [1.165, 1.54) is 22.7 Å². The topological polar surface area (TPSA) is 46.6 Å². The Balaban J connectivity index is 1.95. The van der Waals surface area contributed by atoms with E-state index in [0.29, 0.717) is 29.9 Å². The highest BCUT2D eigenvalue weighted by atomic mass is 79.9. The fourth-order valence-corrected chi connectivity index (χ4v) is 3.56. The van der Waals surface area contributed by atoms with Crippen LogP contribution in [0.2, 0.25) is 0 Å². The maximum atomic E-state index is 13.1. The molecule has 1 fully saturated rings. The highest BCUT2D eigenvalue weighted by Crippen LogP contribution is 2.27. The minimum Gasteiger partial charge on any atom is -0.492 e. The van der Waals surface area contributed by atoms with Gasteiger partial charge >= 0.3 is 0 Å². The van der Waals surface area contributed by atoms with Gasteiger partial charge in [-0.15, -0.1) is 0 Å². The Morgan fingerprint density at radius 2 is 2.25 bits per heavy atom. The lowest BCUT2D eigenvalue weighted by atomic mass is 10.0. The minimum atomic E-state index is -3.15. The zero-order chi connectivity index (χ0) is 14.8. The highest BCUT2D eigenvalue weighted by Gasteiger charge is 2.26. The Morgan fingerprint density at radius 1 is 1.50 bits per heavy atom. The molecule has 1 atom stereocenters. The number of nitrogens with zero attached hydrogens (tertiary/aromatic N) is 1. The molecule has 0 saturated carbocycles. The molecule has 7 heteroatoms. The van der Waals surface area contributed by atoms with Gasteiger partial charge in [0.15, 0.2) is 0 Å². The van der Waals surface area contributed by atoms with Crippen molar-refractivity contribution in [3.63, 3.8) is 0 Å². The van der Waals surface area contributed by atoms with Crippen molar-refractivity contribution in [1.82, 2.24) is 4.31 Å². The van der Waals surface area contributed by atoms with Crippen molar-refractivity contribution in [2.75, 3.05) is 26.0 Å². The molecule has 112 valence electrons. The van der Waals surface area contributed by atoms with E-state index < -0.39 is 10.0 Å². The van der Waals surface area contributed by atoms with Gasteiger partial charge < -0.3 is 4.74 Å². The molecular formula is C13H17BrFNO3S. The lowest BCUT2D eigenvalue weighted by Gasteiger charge is -2.30. The molecule has 4 nitrogen and oxygen atoms in total. The third-order valence-corrected chi connectivity index (χ3v) is 5.24. The summed E-state index contributed by atoms with van der Waals surface area (Å²) in [6, 6.07) is 4.26. The summed E-state index contributed by atoms with van der Waals surface area (Å²) in [6.45, 7) is 1.42. The molecule has 20 heavy (non-hydrogen) atoms. The summed E-state index contributed by atoms with van der Waals surface area (Å²) in [6.07, 6.45) is 2.96. The van der Waals surface area contributed by atoms with Crippen LogP contribution in [0, 0.1) is 11.7 Å².